The molecule has 7 heteroatoms. The van der Waals surface area contributed by atoms with E-state index in [0.717, 1.165) is 52.1 Å². The number of piperidine rings is 1. The normalized spacial score (nSPS) is 17.1. The molecule has 1 aliphatic heterocycles. The first-order valence-corrected chi connectivity index (χ1v) is 10.3. The van der Waals surface area contributed by atoms with Crippen LogP contribution in [0.2, 0.25) is 0 Å². The average Bonchev–Trinajstić information content (AvgIpc) is 2.95. The van der Waals surface area contributed by atoms with Gasteiger partial charge in [0.25, 0.3) is 0 Å². The number of nitrogens with one attached hydrogen (secondary N) is 1. The van der Waals surface area contributed by atoms with Gasteiger partial charge in [-0.2, -0.15) is 4.98 Å². The Morgan fingerprint density at radius 1 is 1.29 bits per heavy atom. The van der Waals surface area contributed by atoms with Crippen molar-refractivity contribution in [1.29, 1.82) is 0 Å². The SMILES string of the molecule is Cc1nc(N2CCC[C@@H](C(=O)Nc3cccc(Br)c3)C2)c2c(C)c(C)oc2n1. The van der Waals surface area contributed by atoms with E-state index >= 15 is 0 Å². The maximum atomic E-state index is 12.9. The highest BCUT2D eigenvalue weighted by Gasteiger charge is 2.29. The zero-order chi connectivity index (χ0) is 19.8. The summed E-state index contributed by atoms with van der Waals surface area (Å²) in [5.41, 5.74) is 2.49. The van der Waals surface area contributed by atoms with Crippen molar-refractivity contribution in [2.75, 3.05) is 23.3 Å². The molecule has 6 nitrogen and oxygen atoms in total. The van der Waals surface area contributed by atoms with Crippen LogP contribution in [0.4, 0.5) is 11.5 Å². The van der Waals surface area contributed by atoms with Gasteiger partial charge in [0, 0.05) is 28.8 Å². The molecule has 1 aliphatic rings. The third-order valence-corrected chi connectivity index (χ3v) is 5.80. The second kappa shape index (κ2) is 7.54. The number of halogens is 1. The molecule has 3 aromatic rings. The Labute approximate surface area is 172 Å². The van der Waals surface area contributed by atoms with E-state index in [1.54, 1.807) is 0 Å². The lowest BCUT2D eigenvalue weighted by molar-refractivity contribution is -0.120. The van der Waals surface area contributed by atoms with Gasteiger partial charge in [0.2, 0.25) is 11.6 Å². The molecule has 3 heterocycles. The molecule has 0 radical (unpaired) electrons. The smallest absolute Gasteiger partial charge is 0.231 e. The Bertz CT molecular complexity index is 1050. The number of aromatic nitrogens is 2. The Hall–Kier alpha value is -2.41. The van der Waals surface area contributed by atoms with Crippen molar-refractivity contribution >= 4 is 44.4 Å². The van der Waals surface area contributed by atoms with Crippen LogP contribution >= 0.6 is 15.9 Å². The van der Waals surface area contributed by atoms with E-state index in [1.807, 2.05) is 45.0 Å². The van der Waals surface area contributed by atoms with E-state index in [4.69, 9.17) is 9.40 Å². The van der Waals surface area contributed by atoms with Gasteiger partial charge in [0.05, 0.1) is 11.3 Å². The molecule has 1 N–H and O–H groups in total. The third kappa shape index (κ3) is 3.63. The minimum atomic E-state index is -0.0913. The average molecular weight is 443 g/mol. The Morgan fingerprint density at radius 2 is 2.11 bits per heavy atom. The van der Waals surface area contributed by atoms with E-state index in [1.165, 1.54) is 0 Å². The van der Waals surface area contributed by atoms with E-state index < -0.39 is 0 Å². The minimum absolute atomic E-state index is 0.0462. The van der Waals surface area contributed by atoms with Crippen LogP contribution in [-0.2, 0) is 4.79 Å². The molecular formula is C21H23BrN4O2. The van der Waals surface area contributed by atoms with E-state index in [0.29, 0.717) is 18.1 Å². The number of anilines is 2. The van der Waals surface area contributed by atoms with Crippen LogP contribution in [0.5, 0.6) is 0 Å². The van der Waals surface area contributed by atoms with Crippen LogP contribution in [0, 0.1) is 26.7 Å². The lowest BCUT2D eigenvalue weighted by Gasteiger charge is -2.33. The largest absolute Gasteiger partial charge is 0.443 e. The van der Waals surface area contributed by atoms with Gasteiger partial charge in [-0.3, -0.25) is 4.79 Å². The van der Waals surface area contributed by atoms with Crippen molar-refractivity contribution < 1.29 is 9.21 Å². The van der Waals surface area contributed by atoms with Gasteiger partial charge in [0.1, 0.15) is 17.4 Å². The number of nitrogens with zero attached hydrogens (tertiary/aromatic N) is 3. The second-order valence-corrected chi connectivity index (χ2v) is 8.26. The van der Waals surface area contributed by atoms with Crippen LogP contribution in [0.15, 0.2) is 33.2 Å². The van der Waals surface area contributed by atoms with Gasteiger partial charge in [-0.15, -0.1) is 0 Å². The van der Waals surface area contributed by atoms with Gasteiger partial charge >= 0.3 is 0 Å². The van der Waals surface area contributed by atoms with Crippen LogP contribution < -0.4 is 10.2 Å². The molecule has 28 heavy (non-hydrogen) atoms. The van der Waals surface area contributed by atoms with Gasteiger partial charge in [-0.25, -0.2) is 4.98 Å². The molecule has 4 rings (SSSR count). The monoisotopic (exact) mass is 442 g/mol. The zero-order valence-corrected chi connectivity index (χ0v) is 17.8. The summed E-state index contributed by atoms with van der Waals surface area (Å²) in [5, 5.41) is 4.00. The molecule has 1 atom stereocenters. The summed E-state index contributed by atoms with van der Waals surface area (Å²) in [7, 11) is 0. The first kappa shape index (κ1) is 18.9. The van der Waals surface area contributed by atoms with Crippen LogP contribution in [0.3, 0.4) is 0 Å². The molecule has 1 amide bonds. The van der Waals surface area contributed by atoms with Crippen molar-refractivity contribution in [2.24, 2.45) is 5.92 Å². The number of hydrogen-bond donors (Lipinski definition) is 1. The number of benzene rings is 1. The molecule has 146 valence electrons. The number of carbonyl (C=O) groups is 1. The predicted octanol–water partition coefficient (Wildman–Crippen LogP) is 4.77. The van der Waals surface area contributed by atoms with Crippen molar-refractivity contribution in [1.82, 2.24) is 9.97 Å². The van der Waals surface area contributed by atoms with E-state index in [9.17, 15) is 4.79 Å². The fourth-order valence-corrected chi connectivity index (χ4v) is 4.15. The summed E-state index contributed by atoms with van der Waals surface area (Å²) >= 11 is 3.44. The maximum Gasteiger partial charge on any atom is 0.231 e. The Balaban J connectivity index is 1.59. The lowest BCUT2D eigenvalue weighted by Crippen LogP contribution is -2.41. The molecule has 2 aromatic heterocycles. The fourth-order valence-electron chi connectivity index (χ4n) is 3.76. The minimum Gasteiger partial charge on any atom is -0.443 e. The van der Waals surface area contributed by atoms with Crippen LogP contribution in [0.1, 0.15) is 30.0 Å². The number of aryl methyl sites for hydroxylation is 3. The third-order valence-electron chi connectivity index (χ3n) is 5.31. The summed E-state index contributed by atoms with van der Waals surface area (Å²) in [5.74, 6) is 2.36. The molecular weight excluding hydrogens is 420 g/mol. The second-order valence-electron chi connectivity index (χ2n) is 7.34. The summed E-state index contributed by atoms with van der Waals surface area (Å²) in [6, 6.07) is 7.67. The van der Waals surface area contributed by atoms with Crippen molar-refractivity contribution in [3.63, 3.8) is 0 Å². The number of furan rings is 1. The van der Waals surface area contributed by atoms with Crippen LogP contribution in [0.25, 0.3) is 11.1 Å². The first-order valence-electron chi connectivity index (χ1n) is 9.48. The topological polar surface area (TPSA) is 71.3 Å². The number of carbonyl (C=O) groups excluding carboxylic acids is 1. The maximum absolute atomic E-state index is 12.9. The number of hydrogen-bond acceptors (Lipinski definition) is 5. The molecule has 0 saturated carbocycles. The number of fused-ring (bicyclic) bond motifs is 1. The van der Waals surface area contributed by atoms with Gasteiger partial charge < -0.3 is 14.6 Å². The highest BCUT2D eigenvalue weighted by molar-refractivity contribution is 9.10. The first-order chi connectivity index (χ1) is 13.4. The zero-order valence-electron chi connectivity index (χ0n) is 16.3. The summed E-state index contributed by atoms with van der Waals surface area (Å²) in [6.07, 6.45) is 1.81. The van der Waals surface area contributed by atoms with Crippen LogP contribution in [-0.4, -0.2) is 29.0 Å². The van der Waals surface area contributed by atoms with Crippen molar-refractivity contribution in [3.05, 3.63) is 45.9 Å². The highest BCUT2D eigenvalue weighted by atomic mass is 79.9. The molecule has 0 aliphatic carbocycles. The fraction of sp³-hybridized carbons (Fsp3) is 0.381. The highest BCUT2D eigenvalue weighted by Crippen LogP contribution is 2.33. The lowest BCUT2D eigenvalue weighted by atomic mass is 9.96. The molecule has 0 spiro atoms. The van der Waals surface area contributed by atoms with Gasteiger partial charge in [-0.05, 0) is 51.8 Å². The molecule has 0 unspecified atom stereocenters. The van der Waals surface area contributed by atoms with Crippen molar-refractivity contribution in [2.45, 2.75) is 33.6 Å². The van der Waals surface area contributed by atoms with Gasteiger partial charge in [-0.1, -0.05) is 22.0 Å². The molecule has 1 aromatic carbocycles. The van der Waals surface area contributed by atoms with E-state index in [2.05, 4.69) is 31.1 Å². The predicted molar refractivity (Wildman–Crippen MR) is 114 cm³/mol. The molecule has 1 fully saturated rings. The quantitative estimate of drug-likeness (QED) is 0.632. The Morgan fingerprint density at radius 3 is 2.89 bits per heavy atom. The number of rotatable bonds is 3. The molecule has 0 bridgehead atoms. The number of amides is 1. The van der Waals surface area contributed by atoms with Gasteiger partial charge in [0.15, 0.2) is 0 Å². The molecule has 1 saturated heterocycles. The Kier molecular flexibility index (Phi) is 5.10. The summed E-state index contributed by atoms with van der Waals surface area (Å²) in [6.45, 7) is 7.35. The van der Waals surface area contributed by atoms with E-state index in [-0.39, 0.29) is 11.8 Å². The summed E-state index contributed by atoms with van der Waals surface area (Å²) in [4.78, 5) is 24.2. The summed E-state index contributed by atoms with van der Waals surface area (Å²) < 4.78 is 6.76. The van der Waals surface area contributed by atoms with Crippen molar-refractivity contribution in [3.8, 4) is 0 Å². The standard InChI is InChI=1S/C21H23BrN4O2/c1-12-13(2)28-21-18(12)19(23-14(3)24-21)26-9-5-6-15(11-26)20(27)25-17-8-4-7-16(22)10-17/h4,7-8,10,15H,5-6,9,11H2,1-3H3,(H,25,27)/t15-/m1/s1.